The van der Waals surface area contributed by atoms with Gasteiger partial charge in [0.2, 0.25) is 0 Å². The fourth-order valence-corrected chi connectivity index (χ4v) is 2.47. The molecule has 0 saturated heterocycles. The second kappa shape index (κ2) is 6.39. The standard InChI is InChI=1S/C17H17NO4/c1-11-8-12(2)17(13(3)9-11)22-16(19)10-14-6-4-5-7-15(14)18(20)21/h4-9H,10H2,1-3H3. The van der Waals surface area contributed by atoms with Crippen LogP contribution in [0.4, 0.5) is 5.69 Å². The smallest absolute Gasteiger partial charge is 0.315 e. The number of nitro benzene ring substituents is 1. The largest absolute Gasteiger partial charge is 0.426 e. The van der Waals surface area contributed by atoms with Crippen LogP contribution in [0.15, 0.2) is 36.4 Å². The van der Waals surface area contributed by atoms with E-state index in [0.29, 0.717) is 11.3 Å². The predicted octanol–water partition coefficient (Wildman–Crippen LogP) is 3.67. The summed E-state index contributed by atoms with van der Waals surface area (Å²) >= 11 is 0. The first-order valence-corrected chi connectivity index (χ1v) is 6.89. The topological polar surface area (TPSA) is 69.4 Å². The summed E-state index contributed by atoms with van der Waals surface area (Å²) in [6.45, 7) is 5.71. The van der Waals surface area contributed by atoms with Gasteiger partial charge in [-0.1, -0.05) is 35.9 Å². The average molecular weight is 299 g/mol. The minimum absolute atomic E-state index is 0.0724. The maximum Gasteiger partial charge on any atom is 0.315 e. The molecule has 0 spiro atoms. The molecule has 114 valence electrons. The molecule has 0 saturated carbocycles. The minimum Gasteiger partial charge on any atom is -0.426 e. The van der Waals surface area contributed by atoms with Crippen LogP contribution in [0.25, 0.3) is 0 Å². The van der Waals surface area contributed by atoms with Crippen molar-refractivity contribution in [1.29, 1.82) is 0 Å². The third-order valence-corrected chi connectivity index (χ3v) is 3.34. The van der Waals surface area contributed by atoms with Gasteiger partial charge in [-0.3, -0.25) is 14.9 Å². The lowest BCUT2D eigenvalue weighted by Crippen LogP contribution is -2.14. The van der Waals surface area contributed by atoms with Crippen LogP contribution in [0, 0.1) is 30.9 Å². The molecule has 0 N–H and O–H groups in total. The Hall–Kier alpha value is -2.69. The summed E-state index contributed by atoms with van der Waals surface area (Å²) in [6, 6.07) is 10.0. The molecule has 5 heteroatoms. The van der Waals surface area contributed by atoms with E-state index < -0.39 is 10.9 Å². The Morgan fingerprint density at radius 2 is 1.73 bits per heavy atom. The maximum atomic E-state index is 12.1. The van der Waals surface area contributed by atoms with Crippen LogP contribution < -0.4 is 4.74 Å². The molecule has 0 atom stereocenters. The fraction of sp³-hybridized carbons (Fsp3) is 0.235. The average Bonchev–Trinajstić information content (AvgIpc) is 2.43. The third kappa shape index (κ3) is 3.49. The lowest BCUT2D eigenvalue weighted by molar-refractivity contribution is -0.385. The van der Waals surface area contributed by atoms with Crippen molar-refractivity contribution < 1.29 is 14.5 Å². The van der Waals surface area contributed by atoms with Gasteiger partial charge in [0.05, 0.1) is 11.3 Å². The van der Waals surface area contributed by atoms with E-state index in [9.17, 15) is 14.9 Å². The number of nitrogens with zero attached hydrogens (tertiary/aromatic N) is 1. The van der Waals surface area contributed by atoms with E-state index in [-0.39, 0.29) is 12.1 Å². The van der Waals surface area contributed by atoms with Gasteiger partial charge >= 0.3 is 5.97 Å². The van der Waals surface area contributed by atoms with Gasteiger partial charge in [-0.05, 0) is 31.9 Å². The molecule has 0 bridgehead atoms. The second-order valence-electron chi connectivity index (χ2n) is 5.26. The number of nitro groups is 1. The van der Waals surface area contributed by atoms with Gasteiger partial charge in [0, 0.05) is 11.6 Å². The Bertz CT molecular complexity index is 714. The Kier molecular flexibility index (Phi) is 4.56. The highest BCUT2D eigenvalue weighted by atomic mass is 16.6. The van der Waals surface area contributed by atoms with Gasteiger partial charge in [0.25, 0.3) is 5.69 Å². The van der Waals surface area contributed by atoms with Crippen molar-refractivity contribution in [3.05, 3.63) is 68.8 Å². The van der Waals surface area contributed by atoms with Gasteiger partial charge in [-0.15, -0.1) is 0 Å². The fourth-order valence-electron chi connectivity index (χ4n) is 2.47. The van der Waals surface area contributed by atoms with E-state index in [2.05, 4.69) is 0 Å². The molecule has 0 fully saturated rings. The van der Waals surface area contributed by atoms with Crippen LogP contribution >= 0.6 is 0 Å². The number of aryl methyl sites for hydroxylation is 3. The molecular formula is C17H17NO4. The highest BCUT2D eigenvalue weighted by molar-refractivity contribution is 5.77. The number of carbonyl (C=O) groups is 1. The van der Waals surface area contributed by atoms with Crippen LogP contribution in [0.3, 0.4) is 0 Å². The molecule has 0 radical (unpaired) electrons. The van der Waals surface area contributed by atoms with Gasteiger partial charge in [0.1, 0.15) is 5.75 Å². The summed E-state index contributed by atoms with van der Waals surface area (Å²) < 4.78 is 5.41. The Balaban J connectivity index is 2.20. The monoisotopic (exact) mass is 299 g/mol. The lowest BCUT2D eigenvalue weighted by Gasteiger charge is -2.11. The molecular weight excluding hydrogens is 282 g/mol. The van der Waals surface area contributed by atoms with Crippen molar-refractivity contribution in [1.82, 2.24) is 0 Å². The molecule has 22 heavy (non-hydrogen) atoms. The number of hydrogen-bond donors (Lipinski definition) is 0. The number of hydrogen-bond acceptors (Lipinski definition) is 4. The summed E-state index contributed by atoms with van der Waals surface area (Å²) in [6.07, 6.45) is -0.135. The van der Waals surface area contributed by atoms with Crippen molar-refractivity contribution >= 4 is 11.7 Å². The van der Waals surface area contributed by atoms with E-state index in [1.165, 1.54) is 6.07 Å². The minimum atomic E-state index is -0.510. The van der Waals surface area contributed by atoms with Gasteiger partial charge in [-0.25, -0.2) is 0 Å². The van der Waals surface area contributed by atoms with Gasteiger partial charge in [0.15, 0.2) is 0 Å². The van der Waals surface area contributed by atoms with Crippen molar-refractivity contribution in [2.24, 2.45) is 0 Å². The summed E-state index contributed by atoms with van der Waals surface area (Å²) in [5.41, 5.74) is 3.10. The highest BCUT2D eigenvalue weighted by Gasteiger charge is 2.18. The molecule has 0 heterocycles. The van der Waals surface area contributed by atoms with E-state index in [1.54, 1.807) is 18.2 Å². The van der Waals surface area contributed by atoms with Crippen molar-refractivity contribution in [3.8, 4) is 5.75 Å². The molecule has 0 aliphatic heterocycles. The summed E-state index contributed by atoms with van der Waals surface area (Å²) in [5.74, 6) is 0.0125. The molecule has 2 rings (SSSR count). The summed E-state index contributed by atoms with van der Waals surface area (Å²) in [7, 11) is 0. The molecule has 0 amide bonds. The van der Waals surface area contributed by atoms with Crippen LogP contribution in [-0.4, -0.2) is 10.9 Å². The van der Waals surface area contributed by atoms with Gasteiger partial charge < -0.3 is 4.74 Å². The first-order chi connectivity index (χ1) is 10.4. The zero-order valence-electron chi connectivity index (χ0n) is 12.8. The maximum absolute atomic E-state index is 12.1. The molecule has 0 aliphatic rings. The van der Waals surface area contributed by atoms with Crippen LogP contribution in [0.1, 0.15) is 22.3 Å². The van der Waals surface area contributed by atoms with Gasteiger partial charge in [-0.2, -0.15) is 0 Å². The van der Waals surface area contributed by atoms with Crippen molar-refractivity contribution in [3.63, 3.8) is 0 Å². The zero-order chi connectivity index (χ0) is 16.3. The lowest BCUT2D eigenvalue weighted by atomic mass is 10.1. The quantitative estimate of drug-likeness (QED) is 0.374. The van der Waals surface area contributed by atoms with E-state index in [1.807, 2.05) is 32.9 Å². The summed E-state index contributed by atoms with van der Waals surface area (Å²) in [5, 5.41) is 11.0. The Labute approximate surface area is 128 Å². The van der Waals surface area contributed by atoms with E-state index >= 15 is 0 Å². The highest BCUT2D eigenvalue weighted by Crippen LogP contribution is 2.25. The predicted molar refractivity (Wildman–Crippen MR) is 83.1 cm³/mol. The third-order valence-electron chi connectivity index (χ3n) is 3.34. The first-order valence-electron chi connectivity index (χ1n) is 6.89. The van der Waals surface area contributed by atoms with E-state index in [4.69, 9.17) is 4.74 Å². The van der Waals surface area contributed by atoms with Crippen LogP contribution in [0.5, 0.6) is 5.75 Å². The summed E-state index contributed by atoms with van der Waals surface area (Å²) in [4.78, 5) is 22.6. The molecule has 5 nitrogen and oxygen atoms in total. The number of para-hydroxylation sites is 1. The number of rotatable bonds is 4. The number of ether oxygens (including phenoxy) is 1. The number of esters is 1. The Morgan fingerprint density at radius 1 is 1.14 bits per heavy atom. The molecule has 2 aromatic carbocycles. The number of benzene rings is 2. The number of carbonyl (C=O) groups excluding carboxylic acids is 1. The first kappa shape index (κ1) is 15.7. The molecule has 0 unspecified atom stereocenters. The SMILES string of the molecule is Cc1cc(C)c(OC(=O)Cc2ccccc2[N+](=O)[O-])c(C)c1. The van der Waals surface area contributed by atoms with Crippen LogP contribution in [0.2, 0.25) is 0 Å². The van der Waals surface area contributed by atoms with Crippen molar-refractivity contribution in [2.45, 2.75) is 27.2 Å². The Morgan fingerprint density at radius 3 is 2.32 bits per heavy atom. The zero-order valence-corrected chi connectivity index (χ0v) is 12.8. The van der Waals surface area contributed by atoms with Crippen LogP contribution in [-0.2, 0) is 11.2 Å². The molecule has 0 aromatic heterocycles. The molecule has 0 aliphatic carbocycles. The second-order valence-corrected chi connectivity index (χ2v) is 5.26. The molecule has 2 aromatic rings. The van der Waals surface area contributed by atoms with Crippen molar-refractivity contribution in [2.75, 3.05) is 0 Å². The normalized spacial score (nSPS) is 10.3. The van der Waals surface area contributed by atoms with E-state index in [0.717, 1.165) is 16.7 Å².